The van der Waals surface area contributed by atoms with Gasteiger partial charge in [0.25, 0.3) is 0 Å². The Morgan fingerprint density at radius 2 is 1.86 bits per heavy atom. The van der Waals surface area contributed by atoms with E-state index in [0.29, 0.717) is 18.0 Å². The van der Waals surface area contributed by atoms with Gasteiger partial charge in [-0.25, -0.2) is 8.78 Å². The number of nitrogens with one attached hydrogen (secondary N) is 1. The van der Waals surface area contributed by atoms with E-state index in [2.05, 4.69) is 12.2 Å². The van der Waals surface area contributed by atoms with Crippen molar-refractivity contribution < 1.29 is 8.78 Å². The van der Waals surface area contributed by atoms with Crippen LogP contribution in [-0.2, 0) is 6.54 Å². The molecule has 1 fully saturated rings. The van der Waals surface area contributed by atoms with Gasteiger partial charge in [-0.15, -0.1) is 0 Å². The number of benzene rings is 1. The molecule has 2 nitrogen and oxygen atoms in total. The van der Waals surface area contributed by atoms with Crippen LogP contribution in [0.15, 0.2) is 12.1 Å². The van der Waals surface area contributed by atoms with E-state index in [0.717, 1.165) is 45.3 Å². The Kier molecular flexibility index (Phi) is 5.97. The number of halogens is 2. The third-order valence-electron chi connectivity index (χ3n) is 4.40. The topological polar surface area (TPSA) is 15.3 Å². The van der Waals surface area contributed by atoms with E-state index < -0.39 is 11.6 Å². The second-order valence-corrected chi connectivity index (χ2v) is 5.88. The van der Waals surface area contributed by atoms with Crippen LogP contribution < -0.4 is 10.2 Å². The van der Waals surface area contributed by atoms with E-state index in [9.17, 15) is 8.78 Å². The molecule has 1 heterocycles. The van der Waals surface area contributed by atoms with Crippen molar-refractivity contribution in [2.45, 2.75) is 46.1 Å². The Morgan fingerprint density at radius 1 is 1.14 bits per heavy atom. The van der Waals surface area contributed by atoms with E-state index in [1.54, 1.807) is 0 Å². The highest BCUT2D eigenvalue weighted by molar-refractivity contribution is 5.51. The first kappa shape index (κ1) is 16.2. The third kappa shape index (κ3) is 4.16. The average molecular weight is 296 g/mol. The Balaban J connectivity index is 2.15. The van der Waals surface area contributed by atoms with Crippen molar-refractivity contribution >= 4 is 5.69 Å². The maximum atomic E-state index is 14.3. The quantitative estimate of drug-likeness (QED) is 0.880. The maximum Gasteiger partial charge on any atom is 0.149 e. The van der Waals surface area contributed by atoms with Gasteiger partial charge >= 0.3 is 0 Å². The summed E-state index contributed by atoms with van der Waals surface area (Å²) in [4.78, 5) is 1.89. The molecule has 0 bridgehead atoms. The average Bonchev–Trinajstić information content (AvgIpc) is 2.70. The molecule has 1 aliphatic rings. The summed E-state index contributed by atoms with van der Waals surface area (Å²) in [5, 5.41) is 3.09. The van der Waals surface area contributed by atoms with Crippen LogP contribution in [0.3, 0.4) is 0 Å². The zero-order valence-electron chi connectivity index (χ0n) is 13.1. The molecule has 0 radical (unpaired) electrons. The van der Waals surface area contributed by atoms with Gasteiger partial charge < -0.3 is 10.2 Å². The van der Waals surface area contributed by atoms with E-state index in [1.807, 2.05) is 11.8 Å². The SMILES string of the molecule is CCNCc1cc(F)c(N2CCCC(CC)CC2)c(F)c1. The molecule has 0 spiro atoms. The van der Waals surface area contributed by atoms with Crippen molar-refractivity contribution in [1.29, 1.82) is 0 Å². The fourth-order valence-corrected chi connectivity index (χ4v) is 3.09. The molecule has 4 heteroatoms. The Hall–Kier alpha value is -1.16. The first-order valence-corrected chi connectivity index (χ1v) is 8.09. The van der Waals surface area contributed by atoms with Crippen molar-refractivity contribution in [2.75, 3.05) is 24.5 Å². The molecule has 1 saturated heterocycles. The summed E-state index contributed by atoms with van der Waals surface area (Å²) >= 11 is 0. The largest absolute Gasteiger partial charge is 0.367 e. The molecule has 1 aromatic carbocycles. The third-order valence-corrected chi connectivity index (χ3v) is 4.40. The number of hydrogen-bond acceptors (Lipinski definition) is 2. The highest BCUT2D eigenvalue weighted by atomic mass is 19.1. The van der Waals surface area contributed by atoms with Gasteiger partial charge in [0.05, 0.1) is 0 Å². The molecule has 2 rings (SSSR count). The minimum atomic E-state index is -0.433. The normalized spacial score (nSPS) is 19.6. The zero-order chi connectivity index (χ0) is 15.2. The molecule has 21 heavy (non-hydrogen) atoms. The van der Waals surface area contributed by atoms with Crippen molar-refractivity contribution in [3.8, 4) is 0 Å². The molecule has 1 aromatic rings. The van der Waals surface area contributed by atoms with Crippen LogP contribution in [0.4, 0.5) is 14.5 Å². The van der Waals surface area contributed by atoms with Gasteiger partial charge in [0.1, 0.15) is 17.3 Å². The molecule has 0 saturated carbocycles. The van der Waals surface area contributed by atoms with Gasteiger partial charge in [-0.05, 0) is 49.4 Å². The molecule has 1 atom stereocenters. The number of rotatable bonds is 5. The first-order valence-electron chi connectivity index (χ1n) is 8.09. The van der Waals surface area contributed by atoms with Crippen LogP contribution >= 0.6 is 0 Å². The molecule has 0 amide bonds. The Labute approximate surface area is 126 Å². The van der Waals surface area contributed by atoms with Gasteiger partial charge in [0, 0.05) is 19.6 Å². The van der Waals surface area contributed by atoms with E-state index >= 15 is 0 Å². The Morgan fingerprint density at radius 3 is 2.48 bits per heavy atom. The molecule has 0 aromatic heterocycles. The van der Waals surface area contributed by atoms with Crippen LogP contribution in [0.1, 0.15) is 45.1 Å². The van der Waals surface area contributed by atoms with Crippen molar-refractivity contribution in [2.24, 2.45) is 5.92 Å². The summed E-state index contributed by atoms with van der Waals surface area (Å²) in [5.74, 6) is -0.176. The summed E-state index contributed by atoms with van der Waals surface area (Å²) in [5.41, 5.74) is 0.823. The maximum absolute atomic E-state index is 14.3. The minimum absolute atomic E-state index is 0.159. The van der Waals surface area contributed by atoms with Gasteiger partial charge in [0.2, 0.25) is 0 Å². The lowest BCUT2D eigenvalue weighted by molar-refractivity contribution is 0.459. The lowest BCUT2D eigenvalue weighted by Gasteiger charge is -2.24. The molecule has 1 aliphatic heterocycles. The van der Waals surface area contributed by atoms with Gasteiger partial charge in [-0.2, -0.15) is 0 Å². The molecule has 1 unspecified atom stereocenters. The second kappa shape index (κ2) is 7.74. The molecule has 1 N–H and O–H groups in total. The first-order chi connectivity index (χ1) is 10.2. The van der Waals surface area contributed by atoms with Crippen LogP contribution in [-0.4, -0.2) is 19.6 Å². The van der Waals surface area contributed by atoms with Crippen LogP contribution in [0.2, 0.25) is 0 Å². The Bertz CT molecular complexity index is 439. The highest BCUT2D eigenvalue weighted by Crippen LogP contribution is 2.29. The molecular formula is C17H26F2N2. The standard InChI is InChI=1S/C17H26F2N2/c1-3-13-6-5-8-21(9-7-13)17-15(18)10-14(11-16(17)19)12-20-4-2/h10-11,13,20H,3-9,12H2,1-2H3. The zero-order valence-corrected chi connectivity index (χ0v) is 13.1. The van der Waals surface area contributed by atoms with Gasteiger partial charge in [0.15, 0.2) is 0 Å². The summed E-state index contributed by atoms with van der Waals surface area (Å²) in [6, 6.07) is 2.92. The van der Waals surface area contributed by atoms with Crippen molar-refractivity contribution in [3.05, 3.63) is 29.3 Å². The van der Waals surface area contributed by atoms with Crippen LogP contribution in [0.5, 0.6) is 0 Å². The number of anilines is 1. The van der Waals surface area contributed by atoms with Gasteiger partial charge in [-0.3, -0.25) is 0 Å². The van der Waals surface area contributed by atoms with E-state index in [-0.39, 0.29) is 5.69 Å². The molecule has 118 valence electrons. The predicted molar refractivity (Wildman–Crippen MR) is 83.6 cm³/mol. The summed E-state index contributed by atoms with van der Waals surface area (Å²) < 4.78 is 28.7. The van der Waals surface area contributed by atoms with Gasteiger partial charge in [-0.1, -0.05) is 20.3 Å². The van der Waals surface area contributed by atoms with E-state index in [1.165, 1.54) is 12.1 Å². The summed E-state index contributed by atoms with van der Waals surface area (Å²) in [7, 11) is 0. The highest BCUT2D eigenvalue weighted by Gasteiger charge is 2.21. The number of hydrogen-bond donors (Lipinski definition) is 1. The lowest BCUT2D eigenvalue weighted by Crippen LogP contribution is -2.26. The summed E-state index contributed by atoms with van der Waals surface area (Å²) in [6.45, 7) is 6.95. The summed E-state index contributed by atoms with van der Waals surface area (Å²) in [6.07, 6.45) is 4.35. The monoisotopic (exact) mass is 296 g/mol. The van der Waals surface area contributed by atoms with Crippen molar-refractivity contribution in [1.82, 2.24) is 5.32 Å². The van der Waals surface area contributed by atoms with E-state index in [4.69, 9.17) is 0 Å². The fraction of sp³-hybridized carbons (Fsp3) is 0.647. The second-order valence-electron chi connectivity index (χ2n) is 5.88. The van der Waals surface area contributed by atoms with Crippen LogP contribution in [0.25, 0.3) is 0 Å². The number of nitrogens with zero attached hydrogens (tertiary/aromatic N) is 1. The molecular weight excluding hydrogens is 270 g/mol. The predicted octanol–water partition coefficient (Wildman–Crippen LogP) is 4.09. The van der Waals surface area contributed by atoms with Crippen LogP contribution in [0, 0.1) is 17.6 Å². The lowest BCUT2D eigenvalue weighted by atomic mass is 9.98. The smallest absolute Gasteiger partial charge is 0.149 e. The van der Waals surface area contributed by atoms with Crippen molar-refractivity contribution in [3.63, 3.8) is 0 Å². The fourth-order valence-electron chi connectivity index (χ4n) is 3.09. The minimum Gasteiger partial charge on any atom is -0.367 e. The molecule has 0 aliphatic carbocycles.